The summed E-state index contributed by atoms with van der Waals surface area (Å²) in [5.74, 6) is 1.53. The Kier molecular flexibility index (Phi) is 4.73. The zero-order valence-electron chi connectivity index (χ0n) is 10.6. The second kappa shape index (κ2) is 5.84. The van der Waals surface area contributed by atoms with E-state index in [0.29, 0.717) is 17.8 Å². The number of rotatable bonds is 6. The summed E-state index contributed by atoms with van der Waals surface area (Å²) in [5, 5.41) is 3.96. The van der Waals surface area contributed by atoms with Crippen LogP contribution in [-0.4, -0.2) is 23.2 Å². The second-order valence-electron chi connectivity index (χ2n) is 4.02. The Morgan fingerprint density at radius 2 is 1.94 bits per heavy atom. The lowest BCUT2D eigenvalue weighted by Crippen LogP contribution is -2.23. The fraction of sp³-hybridized carbons (Fsp3) is 0.818. The number of hydrogen-bond donors (Lipinski definition) is 1. The van der Waals surface area contributed by atoms with Gasteiger partial charge in [-0.05, 0) is 24.9 Å². The molecule has 0 amide bonds. The first kappa shape index (κ1) is 13.0. The second-order valence-corrected chi connectivity index (χ2v) is 4.02. The molecule has 0 unspecified atom stereocenters. The summed E-state index contributed by atoms with van der Waals surface area (Å²) in [5.41, 5.74) is 6.03. The molecule has 0 spiro atoms. The van der Waals surface area contributed by atoms with Gasteiger partial charge in [-0.15, -0.1) is 0 Å². The van der Waals surface area contributed by atoms with Crippen molar-refractivity contribution in [2.75, 3.05) is 18.0 Å². The Hall–Kier alpha value is -1.10. The molecule has 1 heterocycles. The van der Waals surface area contributed by atoms with E-state index in [2.05, 4.69) is 37.8 Å². The Balaban J connectivity index is 2.77. The van der Waals surface area contributed by atoms with Crippen molar-refractivity contribution in [1.29, 1.82) is 0 Å². The van der Waals surface area contributed by atoms with Crippen LogP contribution in [0.25, 0.3) is 0 Å². The molecule has 0 aliphatic carbocycles. The quantitative estimate of drug-likeness (QED) is 0.803. The lowest BCUT2D eigenvalue weighted by molar-refractivity contribution is 0.312. The van der Waals surface area contributed by atoms with E-state index < -0.39 is 0 Å². The van der Waals surface area contributed by atoms with Crippen molar-refractivity contribution in [3.05, 3.63) is 5.89 Å². The summed E-state index contributed by atoms with van der Waals surface area (Å²) < 4.78 is 5.21. The van der Waals surface area contributed by atoms with Gasteiger partial charge in [-0.1, -0.05) is 20.3 Å². The van der Waals surface area contributed by atoms with Crippen LogP contribution in [0.5, 0.6) is 0 Å². The molecule has 16 heavy (non-hydrogen) atoms. The van der Waals surface area contributed by atoms with Crippen LogP contribution in [0.4, 0.5) is 5.95 Å². The van der Waals surface area contributed by atoms with Crippen LogP contribution in [-0.2, 0) is 0 Å². The monoisotopic (exact) mass is 226 g/mol. The Labute approximate surface area is 97.0 Å². The van der Waals surface area contributed by atoms with E-state index >= 15 is 0 Å². The highest BCUT2D eigenvalue weighted by molar-refractivity contribution is 5.27. The lowest BCUT2D eigenvalue weighted by Gasteiger charge is -2.15. The van der Waals surface area contributed by atoms with E-state index in [1.165, 1.54) is 0 Å². The molecule has 1 aromatic heterocycles. The zero-order valence-corrected chi connectivity index (χ0v) is 10.6. The van der Waals surface area contributed by atoms with Gasteiger partial charge in [-0.2, -0.15) is 4.98 Å². The first-order valence-electron chi connectivity index (χ1n) is 5.98. The van der Waals surface area contributed by atoms with Crippen molar-refractivity contribution in [2.45, 2.75) is 40.2 Å². The van der Waals surface area contributed by atoms with Crippen molar-refractivity contribution in [3.63, 3.8) is 0 Å². The van der Waals surface area contributed by atoms with E-state index in [1.807, 2.05) is 4.90 Å². The zero-order chi connectivity index (χ0) is 12.1. The number of hydrogen-bond acceptors (Lipinski definition) is 5. The molecule has 2 N–H and O–H groups in total. The summed E-state index contributed by atoms with van der Waals surface area (Å²) >= 11 is 0. The highest BCUT2D eigenvalue weighted by Gasteiger charge is 2.21. The molecule has 1 aromatic rings. The average molecular weight is 226 g/mol. The number of nitrogens with two attached hydrogens (primary N) is 1. The molecule has 0 saturated heterocycles. The maximum absolute atomic E-state index is 6.03. The van der Waals surface area contributed by atoms with E-state index in [0.717, 1.165) is 19.5 Å². The minimum absolute atomic E-state index is 0.165. The van der Waals surface area contributed by atoms with Crippen LogP contribution in [0.2, 0.25) is 0 Å². The van der Waals surface area contributed by atoms with E-state index in [-0.39, 0.29) is 6.04 Å². The minimum atomic E-state index is -0.165. The van der Waals surface area contributed by atoms with Crippen LogP contribution in [0.1, 0.15) is 46.0 Å². The predicted octanol–water partition coefficient (Wildman–Crippen LogP) is 1.96. The van der Waals surface area contributed by atoms with E-state index in [4.69, 9.17) is 10.3 Å². The summed E-state index contributed by atoms with van der Waals surface area (Å²) in [4.78, 5) is 6.38. The van der Waals surface area contributed by atoms with Gasteiger partial charge >= 0.3 is 0 Å². The van der Waals surface area contributed by atoms with Crippen LogP contribution in [0, 0.1) is 5.92 Å². The average Bonchev–Trinajstić information content (AvgIpc) is 2.78. The van der Waals surface area contributed by atoms with E-state index in [9.17, 15) is 0 Å². The Morgan fingerprint density at radius 1 is 1.31 bits per heavy atom. The molecule has 0 radical (unpaired) electrons. The number of aromatic nitrogens is 2. The van der Waals surface area contributed by atoms with Crippen molar-refractivity contribution in [2.24, 2.45) is 11.7 Å². The third kappa shape index (κ3) is 2.72. The highest BCUT2D eigenvalue weighted by atomic mass is 16.5. The van der Waals surface area contributed by atoms with Gasteiger partial charge in [0.15, 0.2) is 0 Å². The number of nitrogens with zero attached hydrogens (tertiary/aromatic N) is 3. The number of anilines is 1. The van der Waals surface area contributed by atoms with Crippen molar-refractivity contribution < 1.29 is 4.52 Å². The Morgan fingerprint density at radius 3 is 2.44 bits per heavy atom. The Bertz CT molecular complexity index is 309. The smallest absolute Gasteiger partial charge is 0.266 e. The minimum Gasteiger partial charge on any atom is -0.339 e. The van der Waals surface area contributed by atoms with Gasteiger partial charge < -0.3 is 15.2 Å². The van der Waals surface area contributed by atoms with Gasteiger partial charge in [0.1, 0.15) is 0 Å². The topological polar surface area (TPSA) is 68.2 Å². The molecule has 0 aliphatic rings. The molecule has 5 heteroatoms. The molecule has 0 fully saturated rings. The van der Waals surface area contributed by atoms with Gasteiger partial charge in [-0.25, -0.2) is 0 Å². The highest BCUT2D eigenvalue weighted by Crippen LogP contribution is 2.21. The van der Waals surface area contributed by atoms with E-state index in [1.54, 1.807) is 0 Å². The SMILES string of the molecule is CC[C@H](C)[C@H](N)c1nc(N(CC)CC)no1. The summed E-state index contributed by atoms with van der Waals surface area (Å²) in [6.07, 6.45) is 1.00. The standard InChI is InChI=1S/C11H22N4O/c1-5-8(4)9(12)10-13-11(14-16-10)15(6-2)7-3/h8-9H,5-7,12H2,1-4H3/t8-,9-/m0/s1. The van der Waals surface area contributed by atoms with Crippen LogP contribution in [0.15, 0.2) is 4.52 Å². The molecule has 0 saturated carbocycles. The van der Waals surface area contributed by atoms with Gasteiger partial charge in [-0.3, -0.25) is 0 Å². The normalized spacial score (nSPS) is 14.8. The summed E-state index contributed by atoms with van der Waals surface area (Å²) in [7, 11) is 0. The maximum atomic E-state index is 6.03. The third-order valence-electron chi connectivity index (χ3n) is 3.02. The van der Waals surface area contributed by atoms with Crippen molar-refractivity contribution in [1.82, 2.24) is 10.1 Å². The first-order chi connectivity index (χ1) is 7.63. The largest absolute Gasteiger partial charge is 0.339 e. The molecule has 0 aromatic carbocycles. The molecule has 1 rings (SSSR count). The fourth-order valence-corrected chi connectivity index (χ4v) is 1.49. The molecular weight excluding hydrogens is 204 g/mol. The van der Waals surface area contributed by atoms with Crippen LogP contribution in [0.3, 0.4) is 0 Å². The van der Waals surface area contributed by atoms with Gasteiger partial charge in [0.05, 0.1) is 6.04 Å². The molecular formula is C11H22N4O. The van der Waals surface area contributed by atoms with Crippen LogP contribution >= 0.6 is 0 Å². The molecule has 2 atom stereocenters. The first-order valence-corrected chi connectivity index (χ1v) is 5.98. The van der Waals surface area contributed by atoms with Crippen LogP contribution < -0.4 is 10.6 Å². The summed E-state index contributed by atoms with van der Waals surface area (Å²) in [6, 6.07) is -0.165. The summed E-state index contributed by atoms with van der Waals surface area (Å²) in [6.45, 7) is 10.1. The fourth-order valence-electron chi connectivity index (χ4n) is 1.49. The maximum Gasteiger partial charge on any atom is 0.266 e. The van der Waals surface area contributed by atoms with Gasteiger partial charge in [0.25, 0.3) is 5.95 Å². The third-order valence-corrected chi connectivity index (χ3v) is 3.02. The van der Waals surface area contributed by atoms with Crippen molar-refractivity contribution >= 4 is 5.95 Å². The molecule has 0 bridgehead atoms. The molecule has 0 aliphatic heterocycles. The van der Waals surface area contributed by atoms with Crippen molar-refractivity contribution in [3.8, 4) is 0 Å². The lowest BCUT2D eigenvalue weighted by atomic mass is 10.0. The predicted molar refractivity (Wildman–Crippen MR) is 64.2 cm³/mol. The van der Waals surface area contributed by atoms with Gasteiger partial charge in [0, 0.05) is 13.1 Å². The molecule has 92 valence electrons. The molecule has 5 nitrogen and oxygen atoms in total. The van der Waals surface area contributed by atoms with Gasteiger partial charge in [0.2, 0.25) is 5.89 Å².